The summed E-state index contributed by atoms with van der Waals surface area (Å²) in [6, 6.07) is 1.91. The number of nitrogens with zero attached hydrogens (tertiary/aromatic N) is 4. The van der Waals surface area contributed by atoms with E-state index < -0.39 is 0 Å². The van der Waals surface area contributed by atoms with Crippen LogP contribution in [0, 0.1) is 0 Å². The molecule has 0 saturated carbocycles. The molecule has 1 saturated heterocycles. The van der Waals surface area contributed by atoms with E-state index in [1.807, 2.05) is 12.3 Å². The summed E-state index contributed by atoms with van der Waals surface area (Å²) in [7, 11) is 1.77. The van der Waals surface area contributed by atoms with Gasteiger partial charge in [-0.25, -0.2) is 9.97 Å². The molecule has 1 aliphatic heterocycles. The lowest BCUT2D eigenvalue weighted by Crippen LogP contribution is -2.39. The molecule has 5 nitrogen and oxygen atoms in total. The van der Waals surface area contributed by atoms with Gasteiger partial charge in [0, 0.05) is 32.6 Å². The maximum Gasteiger partial charge on any atom is 0.141 e. The second kappa shape index (κ2) is 4.86. The molecule has 2 aromatic heterocycles. The third-order valence-corrected chi connectivity index (χ3v) is 3.43. The maximum absolute atomic E-state index is 5.45. The van der Waals surface area contributed by atoms with E-state index in [1.165, 1.54) is 0 Å². The Kier molecular flexibility index (Phi) is 3.06. The molecular formula is C13H16N4O. The molecule has 18 heavy (non-hydrogen) atoms. The molecule has 0 aliphatic carbocycles. The van der Waals surface area contributed by atoms with Gasteiger partial charge in [0.15, 0.2) is 0 Å². The van der Waals surface area contributed by atoms with Crippen molar-refractivity contribution in [2.24, 2.45) is 0 Å². The van der Waals surface area contributed by atoms with Crippen LogP contribution in [0.15, 0.2) is 24.8 Å². The molecule has 5 heteroatoms. The molecule has 0 amide bonds. The quantitative estimate of drug-likeness (QED) is 0.803. The minimum atomic E-state index is 0.292. The van der Waals surface area contributed by atoms with Crippen LogP contribution in [-0.4, -0.2) is 41.3 Å². The van der Waals surface area contributed by atoms with Crippen LogP contribution in [0.5, 0.6) is 0 Å². The summed E-state index contributed by atoms with van der Waals surface area (Å²) in [6.45, 7) is 1.90. The average molecular weight is 244 g/mol. The van der Waals surface area contributed by atoms with Crippen LogP contribution in [0.4, 0.5) is 5.82 Å². The minimum Gasteiger partial charge on any atom is -0.380 e. The topological polar surface area (TPSA) is 51.1 Å². The summed E-state index contributed by atoms with van der Waals surface area (Å²) in [4.78, 5) is 15.1. The highest BCUT2D eigenvalue weighted by atomic mass is 16.5. The third-order valence-electron chi connectivity index (χ3n) is 3.43. The molecule has 94 valence electrons. The Morgan fingerprint density at radius 1 is 1.39 bits per heavy atom. The van der Waals surface area contributed by atoms with Gasteiger partial charge >= 0.3 is 0 Å². The fourth-order valence-corrected chi connectivity index (χ4v) is 2.46. The van der Waals surface area contributed by atoms with E-state index in [9.17, 15) is 0 Å². The summed E-state index contributed by atoms with van der Waals surface area (Å²) in [5.74, 6) is 0.967. The standard InChI is InChI=1S/C13H16N4O/c1-18-10-3-2-6-17(8-10)13-11-7-14-5-4-12(11)15-9-16-13/h4-5,7,9-10H,2-3,6,8H2,1H3. The Labute approximate surface area is 106 Å². The third kappa shape index (κ3) is 2.01. The van der Waals surface area contributed by atoms with Gasteiger partial charge in [-0.1, -0.05) is 0 Å². The molecule has 1 fully saturated rings. The zero-order chi connectivity index (χ0) is 12.4. The van der Waals surface area contributed by atoms with Crippen molar-refractivity contribution in [3.05, 3.63) is 24.8 Å². The van der Waals surface area contributed by atoms with E-state index in [1.54, 1.807) is 19.6 Å². The molecule has 1 unspecified atom stereocenters. The van der Waals surface area contributed by atoms with Gasteiger partial charge in [0.2, 0.25) is 0 Å². The zero-order valence-electron chi connectivity index (χ0n) is 10.4. The Bertz CT molecular complexity index is 540. The monoisotopic (exact) mass is 244 g/mol. The summed E-state index contributed by atoms with van der Waals surface area (Å²) in [6.07, 6.45) is 7.75. The number of hydrogen-bond donors (Lipinski definition) is 0. The molecule has 0 aromatic carbocycles. The molecule has 3 heterocycles. The lowest BCUT2D eigenvalue weighted by Gasteiger charge is -2.33. The van der Waals surface area contributed by atoms with E-state index >= 15 is 0 Å². The molecule has 0 bridgehead atoms. The Morgan fingerprint density at radius 3 is 3.22 bits per heavy atom. The second-order valence-corrected chi connectivity index (χ2v) is 4.54. The van der Waals surface area contributed by atoms with Crippen molar-refractivity contribution in [1.29, 1.82) is 0 Å². The Morgan fingerprint density at radius 2 is 2.33 bits per heavy atom. The first-order chi connectivity index (χ1) is 8.88. The number of rotatable bonds is 2. The molecule has 1 atom stereocenters. The van der Waals surface area contributed by atoms with Crippen LogP contribution in [0.25, 0.3) is 10.9 Å². The molecule has 0 spiro atoms. The van der Waals surface area contributed by atoms with Gasteiger partial charge in [0.1, 0.15) is 12.1 Å². The lowest BCUT2D eigenvalue weighted by atomic mass is 10.1. The highest BCUT2D eigenvalue weighted by Gasteiger charge is 2.21. The van der Waals surface area contributed by atoms with Crippen LogP contribution in [0.3, 0.4) is 0 Å². The van der Waals surface area contributed by atoms with E-state index in [2.05, 4.69) is 19.9 Å². The number of hydrogen-bond acceptors (Lipinski definition) is 5. The second-order valence-electron chi connectivity index (χ2n) is 4.54. The van der Waals surface area contributed by atoms with Crippen LogP contribution < -0.4 is 4.90 Å². The normalized spacial score (nSPS) is 20.3. The average Bonchev–Trinajstić information content (AvgIpc) is 2.47. The van der Waals surface area contributed by atoms with Gasteiger partial charge < -0.3 is 9.64 Å². The van der Waals surface area contributed by atoms with Gasteiger partial charge in [-0.15, -0.1) is 0 Å². The van der Waals surface area contributed by atoms with Crippen molar-refractivity contribution < 1.29 is 4.74 Å². The summed E-state index contributed by atoms with van der Waals surface area (Å²) in [5, 5.41) is 1.01. The largest absolute Gasteiger partial charge is 0.380 e. The summed E-state index contributed by atoms with van der Waals surface area (Å²) < 4.78 is 5.45. The first-order valence-corrected chi connectivity index (χ1v) is 6.21. The Hall–Kier alpha value is -1.75. The highest BCUT2D eigenvalue weighted by molar-refractivity contribution is 5.88. The minimum absolute atomic E-state index is 0.292. The number of piperidine rings is 1. The van der Waals surface area contributed by atoms with E-state index in [0.717, 1.165) is 42.7 Å². The molecule has 1 aliphatic rings. The van der Waals surface area contributed by atoms with Crippen LogP contribution in [0.1, 0.15) is 12.8 Å². The van der Waals surface area contributed by atoms with Crippen LogP contribution in [-0.2, 0) is 4.74 Å². The Balaban J connectivity index is 1.98. The first-order valence-electron chi connectivity index (χ1n) is 6.21. The number of pyridine rings is 1. The van der Waals surface area contributed by atoms with Crippen molar-refractivity contribution in [3.63, 3.8) is 0 Å². The molecule has 2 aromatic rings. The van der Waals surface area contributed by atoms with Crippen molar-refractivity contribution in [2.75, 3.05) is 25.1 Å². The van der Waals surface area contributed by atoms with Crippen molar-refractivity contribution in [1.82, 2.24) is 15.0 Å². The van der Waals surface area contributed by atoms with Crippen molar-refractivity contribution in [2.45, 2.75) is 18.9 Å². The smallest absolute Gasteiger partial charge is 0.141 e. The number of methoxy groups -OCH3 is 1. The maximum atomic E-state index is 5.45. The fourth-order valence-electron chi connectivity index (χ4n) is 2.46. The number of ether oxygens (including phenoxy) is 1. The van der Waals surface area contributed by atoms with E-state index in [0.29, 0.717) is 6.10 Å². The van der Waals surface area contributed by atoms with Gasteiger partial charge in [-0.3, -0.25) is 4.98 Å². The fraction of sp³-hybridized carbons (Fsp3) is 0.462. The molecular weight excluding hydrogens is 228 g/mol. The summed E-state index contributed by atoms with van der Waals surface area (Å²) in [5.41, 5.74) is 0.939. The van der Waals surface area contributed by atoms with Gasteiger partial charge in [-0.05, 0) is 18.9 Å². The predicted octanol–water partition coefficient (Wildman–Crippen LogP) is 1.64. The van der Waals surface area contributed by atoms with Crippen molar-refractivity contribution >= 4 is 16.7 Å². The molecule has 0 radical (unpaired) electrons. The first kappa shape index (κ1) is 11.3. The van der Waals surface area contributed by atoms with E-state index in [-0.39, 0.29) is 0 Å². The number of fused-ring (bicyclic) bond motifs is 1. The van der Waals surface area contributed by atoms with Gasteiger partial charge in [0.25, 0.3) is 0 Å². The molecule has 0 N–H and O–H groups in total. The molecule has 3 rings (SSSR count). The predicted molar refractivity (Wildman–Crippen MR) is 69.6 cm³/mol. The zero-order valence-corrected chi connectivity index (χ0v) is 10.4. The van der Waals surface area contributed by atoms with Crippen LogP contribution in [0.2, 0.25) is 0 Å². The highest BCUT2D eigenvalue weighted by Crippen LogP contribution is 2.25. The van der Waals surface area contributed by atoms with E-state index in [4.69, 9.17) is 4.74 Å². The number of aromatic nitrogens is 3. The van der Waals surface area contributed by atoms with Crippen LogP contribution >= 0.6 is 0 Å². The number of anilines is 1. The van der Waals surface area contributed by atoms with Gasteiger partial charge in [-0.2, -0.15) is 0 Å². The SMILES string of the molecule is COC1CCCN(c2ncnc3ccncc23)C1. The van der Waals surface area contributed by atoms with Gasteiger partial charge in [0.05, 0.1) is 17.0 Å². The summed E-state index contributed by atoms with van der Waals surface area (Å²) >= 11 is 0. The lowest BCUT2D eigenvalue weighted by molar-refractivity contribution is 0.0892. The van der Waals surface area contributed by atoms with Crippen molar-refractivity contribution in [3.8, 4) is 0 Å².